The third-order valence-electron chi connectivity index (χ3n) is 4.09. The van der Waals surface area contributed by atoms with Crippen molar-refractivity contribution in [2.24, 2.45) is 5.92 Å². The van der Waals surface area contributed by atoms with Gasteiger partial charge in [0.1, 0.15) is 17.4 Å². The maximum absolute atomic E-state index is 13.2. The maximum atomic E-state index is 13.2. The zero-order chi connectivity index (χ0) is 19.4. The lowest BCUT2D eigenvalue weighted by atomic mass is 10.0. The number of halogens is 1. The molecule has 2 heterocycles. The first-order chi connectivity index (χ1) is 13.0. The Morgan fingerprint density at radius 1 is 1.15 bits per heavy atom. The van der Waals surface area contributed by atoms with Crippen molar-refractivity contribution in [3.8, 4) is 0 Å². The first-order valence-electron chi connectivity index (χ1n) is 8.76. The number of furan rings is 1. The van der Waals surface area contributed by atoms with Crippen LogP contribution in [0.4, 0.5) is 10.2 Å². The van der Waals surface area contributed by atoms with E-state index in [1.54, 1.807) is 16.9 Å². The van der Waals surface area contributed by atoms with Crippen molar-refractivity contribution in [3.63, 3.8) is 0 Å². The summed E-state index contributed by atoms with van der Waals surface area (Å²) in [7, 11) is 0. The molecule has 0 bridgehead atoms. The largest absolute Gasteiger partial charge is 0.467 e. The summed E-state index contributed by atoms with van der Waals surface area (Å²) < 4.78 is 20.1. The average Bonchev–Trinajstić information content (AvgIpc) is 3.15. The summed E-state index contributed by atoms with van der Waals surface area (Å²) in [5.41, 5.74) is 0.516. The highest BCUT2D eigenvalue weighted by Crippen LogP contribution is 2.20. The summed E-state index contributed by atoms with van der Waals surface area (Å²) >= 11 is 0. The van der Waals surface area contributed by atoms with Crippen molar-refractivity contribution in [1.29, 1.82) is 0 Å². The fourth-order valence-electron chi connectivity index (χ4n) is 2.84. The molecule has 6 heteroatoms. The summed E-state index contributed by atoms with van der Waals surface area (Å²) in [5.74, 6) is 0.634. The van der Waals surface area contributed by atoms with Crippen LogP contribution in [0.15, 0.2) is 64.0 Å². The molecule has 140 valence electrons. The van der Waals surface area contributed by atoms with Gasteiger partial charge in [-0.2, -0.15) is 0 Å². The van der Waals surface area contributed by atoms with Gasteiger partial charge in [-0.15, -0.1) is 0 Å². The van der Waals surface area contributed by atoms with Gasteiger partial charge in [-0.05, 0) is 48.4 Å². The van der Waals surface area contributed by atoms with Crippen LogP contribution in [0.3, 0.4) is 0 Å². The molecular weight excluding hydrogens is 347 g/mol. The molecule has 0 spiro atoms. The first kappa shape index (κ1) is 18.6. The van der Waals surface area contributed by atoms with E-state index in [4.69, 9.17) is 4.42 Å². The number of carbonyl (C=O) groups excluding carboxylic acids is 1. The quantitative estimate of drug-likeness (QED) is 0.638. The molecule has 0 saturated carbocycles. The standard InChI is InChI=1S/C21H21FN2O3/c1-14(2)13-24-19(25)10-9-18(20(26)15-5-7-16(22)8-6-15)21(24)23-12-17-4-3-11-27-17/h3-11,14,23H,12-13H2,1-2H3. The van der Waals surface area contributed by atoms with Gasteiger partial charge in [0.15, 0.2) is 5.78 Å². The molecule has 0 aliphatic rings. The number of hydrogen-bond acceptors (Lipinski definition) is 4. The van der Waals surface area contributed by atoms with Crippen molar-refractivity contribution >= 4 is 11.6 Å². The highest BCUT2D eigenvalue weighted by Gasteiger charge is 2.19. The number of carbonyl (C=O) groups is 1. The summed E-state index contributed by atoms with van der Waals surface area (Å²) in [6.07, 6.45) is 1.56. The Hall–Kier alpha value is -3.15. The van der Waals surface area contributed by atoms with E-state index in [-0.39, 0.29) is 17.3 Å². The Morgan fingerprint density at radius 3 is 2.52 bits per heavy atom. The van der Waals surface area contributed by atoms with E-state index in [9.17, 15) is 14.0 Å². The molecule has 0 unspecified atom stereocenters. The molecule has 3 aromatic rings. The summed E-state index contributed by atoms with van der Waals surface area (Å²) in [6.45, 7) is 4.79. The monoisotopic (exact) mass is 368 g/mol. The van der Waals surface area contributed by atoms with Crippen molar-refractivity contribution in [2.75, 3.05) is 5.32 Å². The van der Waals surface area contributed by atoms with E-state index in [0.29, 0.717) is 35.8 Å². The van der Waals surface area contributed by atoms with Crippen LogP contribution >= 0.6 is 0 Å². The molecule has 0 fully saturated rings. The third-order valence-corrected chi connectivity index (χ3v) is 4.09. The molecule has 2 aromatic heterocycles. The molecule has 1 N–H and O–H groups in total. The molecule has 0 amide bonds. The van der Waals surface area contributed by atoms with Crippen LogP contribution in [0.5, 0.6) is 0 Å². The van der Waals surface area contributed by atoms with Gasteiger partial charge in [0.25, 0.3) is 5.56 Å². The minimum Gasteiger partial charge on any atom is -0.467 e. The van der Waals surface area contributed by atoms with E-state index in [1.807, 2.05) is 19.9 Å². The van der Waals surface area contributed by atoms with Crippen LogP contribution in [0, 0.1) is 11.7 Å². The lowest BCUT2D eigenvalue weighted by Crippen LogP contribution is -2.27. The van der Waals surface area contributed by atoms with Gasteiger partial charge in [0, 0.05) is 18.2 Å². The van der Waals surface area contributed by atoms with E-state index in [0.717, 1.165) is 0 Å². The predicted octanol–water partition coefficient (Wildman–Crippen LogP) is 4.08. The summed E-state index contributed by atoms with van der Waals surface area (Å²) in [5, 5.41) is 3.17. The number of hydrogen-bond donors (Lipinski definition) is 1. The number of nitrogens with one attached hydrogen (secondary N) is 1. The van der Waals surface area contributed by atoms with Crippen LogP contribution in [0.25, 0.3) is 0 Å². The number of benzene rings is 1. The second-order valence-corrected chi connectivity index (χ2v) is 6.71. The van der Waals surface area contributed by atoms with Crippen molar-refractivity contribution < 1.29 is 13.6 Å². The third kappa shape index (κ3) is 4.34. The fourth-order valence-corrected chi connectivity index (χ4v) is 2.84. The van der Waals surface area contributed by atoms with Gasteiger partial charge in [0.2, 0.25) is 0 Å². The number of anilines is 1. The highest BCUT2D eigenvalue weighted by atomic mass is 19.1. The molecule has 0 aliphatic heterocycles. The number of aromatic nitrogens is 1. The molecule has 0 aliphatic carbocycles. The van der Waals surface area contributed by atoms with Crippen molar-refractivity contribution in [3.05, 3.63) is 87.9 Å². The van der Waals surface area contributed by atoms with E-state index in [1.165, 1.54) is 36.4 Å². The summed E-state index contributed by atoms with van der Waals surface area (Å²) in [6, 6.07) is 11.8. The molecule has 0 atom stereocenters. The molecule has 0 saturated heterocycles. The molecular formula is C21H21FN2O3. The second kappa shape index (κ2) is 8.03. The summed E-state index contributed by atoms with van der Waals surface area (Å²) in [4.78, 5) is 25.4. The molecule has 5 nitrogen and oxygen atoms in total. The highest BCUT2D eigenvalue weighted by molar-refractivity contribution is 6.11. The first-order valence-corrected chi connectivity index (χ1v) is 8.76. The zero-order valence-electron chi connectivity index (χ0n) is 15.2. The van der Waals surface area contributed by atoms with Crippen LogP contribution in [-0.2, 0) is 13.1 Å². The smallest absolute Gasteiger partial charge is 0.252 e. The maximum Gasteiger partial charge on any atom is 0.252 e. The second-order valence-electron chi connectivity index (χ2n) is 6.71. The lowest BCUT2D eigenvalue weighted by molar-refractivity contribution is 0.103. The fraction of sp³-hybridized carbons (Fsp3) is 0.238. The van der Waals surface area contributed by atoms with Gasteiger partial charge >= 0.3 is 0 Å². The molecule has 0 radical (unpaired) electrons. The number of rotatable bonds is 7. The van der Waals surface area contributed by atoms with Gasteiger partial charge in [-0.1, -0.05) is 13.8 Å². The normalized spacial score (nSPS) is 11.0. The molecule has 3 rings (SSSR count). The van der Waals surface area contributed by atoms with Crippen molar-refractivity contribution in [1.82, 2.24) is 4.57 Å². The van der Waals surface area contributed by atoms with Gasteiger partial charge in [-0.3, -0.25) is 14.2 Å². The minimum absolute atomic E-state index is 0.193. The number of ketones is 1. The predicted molar refractivity (Wildman–Crippen MR) is 101 cm³/mol. The van der Waals surface area contributed by atoms with Gasteiger partial charge in [-0.25, -0.2) is 4.39 Å². The number of pyridine rings is 1. The Balaban J connectivity index is 2.04. The Kier molecular flexibility index (Phi) is 5.54. The average molecular weight is 368 g/mol. The Bertz CT molecular complexity index is 974. The van der Waals surface area contributed by atoms with Crippen LogP contribution in [0.1, 0.15) is 35.5 Å². The Labute approximate surface area is 156 Å². The van der Waals surface area contributed by atoms with E-state index < -0.39 is 5.82 Å². The molecule has 27 heavy (non-hydrogen) atoms. The molecule has 1 aromatic carbocycles. The van der Waals surface area contributed by atoms with Gasteiger partial charge in [0.05, 0.1) is 18.4 Å². The van der Waals surface area contributed by atoms with E-state index in [2.05, 4.69) is 5.32 Å². The topological polar surface area (TPSA) is 64.2 Å². The van der Waals surface area contributed by atoms with Crippen LogP contribution < -0.4 is 10.9 Å². The van der Waals surface area contributed by atoms with Crippen molar-refractivity contribution in [2.45, 2.75) is 26.9 Å². The zero-order valence-corrected chi connectivity index (χ0v) is 15.2. The van der Waals surface area contributed by atoms with Crippen LogP contribution in [0.2, 0.25) is 0 Å². The number of nitrogens with zero attached hydrogens (tertiary/aromatic N) is 1. The SMILES string of the molecule is CC(C)Cn1c(NCc2ccco2)c(C(=O)c2ccc(F)cc2)ccc1=O. The Morgan fingerprint density at radius 2 is 1.89 bits per heavy atom. The van der Waals surface area contributed by atoms with E-state index >= 15 is 0 Å². The van der Waals surface area contributed by atoms with Crippen LogP contribution in [-0.4, -0.2) is 10.4 Å². The minimum atomic E-state index is -0.410. The lowest BCUT2D eigenvalue weighted by Gasteiger charge is -2.19. The van der Waals surface area contributed by atoms with Gasteiger partial charge < -0.3 is 9.73 Å².